The number of rotatable bonds is 4. The summed E-state index contributed by atoms with van der Waals surface area (Å²) in [5.74, 6) is 0.612. The van der Waals surface area contributed by atoms with Crippen LogP contribution in [0.4, 0.5) is 4.79 Å². The molecule has 8 nitrogen and oxygen atoms in total. The molecule has 3 heterocycles. The van der Waals surface area contributed by atoms with Crippen LogP contribution in [0.1, 0.15) is 61.7 Å². The van der Waals surface area contributed by atoms with Crippen LogP contribution < -0.4 is 0 Å². The van der Waals surface area contributed by atoms with Gasteiger partial charge in [0.15, 0.2) is 0 Å². The van der Waals surface area contributed by atoms with E-state index in [0.717, 1.165) is 18.5 Å². The first-order valence-electron chi connectivity index (χ1n) is 9.69. The van der Waals surface area contributed by atoms with Gasteiger partial charge in [0.1, 0.15) is 5.54 Å². The van der Waals surface area contributed by atoms with Crippen molar-refractivity contribution in [2.24, 2.45) is 5.92 Å². The molecule has 3 fully saturated rings. The fraction of sp³-hybridized carbons (Fsp3) is 0.684. The Balaban J connectivity index is 1.48. The first-order chi connectivity index (χ1) is 12.8. The van der Waals surface area contributed by atoms with Gasteiger partial charge in [-0.1, -0.05) is 19.0 Å². The van der Waals surface area contributed by atoms with Gasteiger partial charge in [0.05, 0.1) is 5.69 Å². The third-order valence-electron chi connectivity index (χ3n) is 5.90. The number of urea groups is 1. The molecule has 0 unspecified atom stereocenters. The minimum Gasteiger partial charge on any atom is -0.351 e. The largest absolute Gasteiger partial charge is 0.351 e. The molecule has 0 atom stereocenters. The number of likely N-dealkylation sites (tertiary alicyclic amines) is 1. The van der Waals surface area contributed by atoms with Gasteiger partial charge < -0.3 is 14.3 Å². The molecule has 0 bridgehead atoms. The number of likely N-dealkylation sites (N-methyl/N-ethyl adjacent to an activating group) is 1. The number of hydrogen-bond acceptors (Lipinski definition) is 5. The SMILES string of the molecule is CC(C)CN1C(=O)N(C)C(=O)C12CCN(C(=O)c1cc(C3CC3)no1)CC2. The van der Waals surface area contributed by atoms with E-state index in [2.05, 4.69) is 5.16 Å². The van der Waals surface area contributed by atoms with Gasteiger partial charge in [0.25, 0.3) is 11.8 Å². The Morgan fingerprint density at radius 3 is 2.56 bits per heavy atom. The molecule has 1 aromatic heterocycles. The molecular formula is C19H26N4O4. The number of imide groups is 1. The van der Waals surface area contributed by atoms with E-state index < -0.39 is 5.54 Å². The lowest BCUT2D eigenvalue weighted by Crippen LogP contribution is -2.58. The summed E-state index contributed by atoms with van der Waals surface area (Å²) in [6, 6.07) is 1.51. The van der Waals surface area contributed by atoms with Crippen molar-refractivity contribution in [2.75, 3.05) is 26.7 Å². The van der Waals surface area contributed by atoms with E-state index in [0.29, 0.717) is 38.4 Å². The van der Waals surface area contributed by atoms with Crippen molar-refractivity contribution in [3.8, 4) is 0 Å². The van der Waals surface area contributed by atoms with E-state index in [9.17, 15) is 14.4 Å². The zero-order chi connectivity index (χ0) is 19.3. The quantitative estimate of drug-likeness (QED) is 0.753. The Morgan fingerprint density at radius 2 is 1.96 bits per heavy atom. The average Bonchev–Trinajstić information content (AvgIpc) is 3.37. The normalized spacial score (nSPS) is 22.4. The van der Waals surface area contributed by atoms with Crippen molar-refractivity contribution in [3.63, 3.8) is 0 Å². The van der Waals surface area contributed by atoms with E-state index in [-0.39, 0.29) is 29.5 Å². The molecule has 4 amide bonds. The lowest BCUT2D eigenvalue weighted by molar-refractivity contribution is -0.134. The van der Waals surface area contributed by atoms with Crippen LogP contribution in [0.3, 0.4) is 0 Å². The number of aromatic nitrogens is 1. The Labute approximate surface area is 158 Å². The molecule has 27 heavy (non-hydrogen) atoms. The number of nitrogens with zero attached hydrogens (tertiary/aromatic N) is 4. The molecule has 0 N–H and O–H groups in total. The highest BCUT2D eigenvalue weighted by Gasteiger charge is 2.57. The van der Waals surface area contributed by atoms with Crippen molar-refractivity contribution in [1.82, 2.24) is 19.9 Å². The van der Waals surface area contributed by atoms with Gasteiger partial charge in [0, 0.05) is 38.7 Å². The Bertz CT molecular complexity index is 774. The van der Waals surface area contributed by atoms with Crippen LogP contribution in [0.5, 0.6) is 0 Å². The second-order valence-electron chi connectivity index (χ2n) is 8.37. The van der Waals surface area contributed by atoms with Crippen LogP contribution in [0.15, 0.2) is 10.6 Å². The standard InChI is InChI=1S/C19H26N4O4/c1-12(2)11-23-18(26)21(3)17(25)19(23)6-8-22(9-7-19)16(24)15-10-14(20-27-15)13-4-5-13/h10,12-13H,4-9,11H2,1-3H3. The molecule has 0 radical (unpaired) electrons. The van der Waals surface area contributed by atoms with Crippen molar-refractivity contribution in [3.05, 3.63) is 17.5 Å². The van der Waals surface area contributed by atoms with Gasteiger partial charge in [-0.25, -0.2) is 4.79 Å². The lowest BCUT2D eigenvalue weighted by atomic mass is 9.85. The summed E-state index contributed by atoms with van der Waals surface area (Å²) in [4.78, 5) is 42.8. The number of piperidine rings is 1. The Morgan fingerprint density at radius 1 is 1.30 bits per heavy atom. The third-order valence-corrected chi connectivity index (χ3v) is 5.90. The molecule has 0 aromatic carbocycles. The summed E-state index contributed by atoms with van der Waals surface area (Å²) in [5.41, 5.74) is 0.0288. The molecule has 8 heteroatoms. The van der Waals surface area contributed by atoms with Crippen LogP contribution in [0.25, 0.3) is 0 Å². The minimum absolute atomic E-state index is 0.157. The van der Waals surface area contributed by atoms with Crippen LogP contribution >= 0.6 is 0 Å². The van der Waals surface area contributed by atoms with Crippen LogP contribution in [-0.4, -0.2) is 69.9 Å². The molecule has 1 aromatic rings. The van der Waals surface area contributed by atoms with Crippen molar-refractivity contribution >= 4 is 17.8 Å². The highest BCUT2D eigenvalue weighted by molar-refractivity contribution is 6.07. The maximum Gasteiger partial charge on any atom is 0.327 e. The van der Waals surface area contributed by atoms with E-state index in [1.165, 1.54) is 11.9 Å². The monoisotopic (exact) mass is 374 g/mol. The van der Waals surface area contributed by atoms with Crippen LogP contribution in [0.2, 0.25) is 0 Å². The average molecular weight is 374 g/mol. The molecule has 4 rings (SSSR count). The van der Waals surface area contributed by atoms with Gasteiger partial charge in [-0.3, -0.25) is 14.5 Å². The zero-order valence-electron chi connectivity index (χ0n) is 16.1. The highest BCUT2D eigenvalue weighted by atomic mass is 16.5. The van der Waals surface area contributed by atoms with E-state index >= 15 is 0 Å². The number of carbonyl (C=O) groups is 3. The first-order valence-corrected chi connectivity index (χ1v) is 9.69. The van der Waals surface area contributed by atoms with E-state index in [4.69, 9.17) is 4.52 Å². The van der Waals surface area contributed by atoms with Crippen molar-refractivity contribution < 1.29 is 18.9 Å². The number of amides is 4. The topological polar surface area (TPSA) is 87.0 Å². The van der Waals surface area contributed by atoms with E-state index in [1.807, 2.05) is 13.8 Å². The molecule has 1 aliphatic carbocycles. The predicted molar refractivity (Wildman–Crippen MR) is 96.1 cm³/mol. The van der Waals surface area contributed by atoms with Gasteiger partial charge >= 0.3 is 6.03 Å². The molecular weight excluding hydrogens is 348 g/mol. The Hall–Kier alpha value is -2.38. The Kier molecular flexibility index (Phi) is 4.24. The first kappa shape index (κ1) is 18.0. The fourth-order valence-corrected chi connectivity index (χ4v) is 4.18. The summed E-state index contributed by atoms with van der Waals surface area (Å²) in [7, 11) is 1.54. The number of hydrogen-bond donors (Lipinski definition) is 0. The summed E-state index contributed by atoms with van der Waals surface area (Å²) in [6.07, 6.45) is 3.09. The maximum absolute atomic E-state index is 12.8. The summed E-state index contributed by atoms with van der Waals surface area (Å²) in [6.45, 7) is 5.43. The second kappa shape index (κ2) is 6.35. The smallest absolute Gasteiger partial charge is 0.327 e. The zero-order valence-corrected chi connectivity index (χ0v) is 16.1. The predicted octanol–water partition coefficient (Wildman–Crippen LogP) is 2.08. The summed E-state index contributed by atoms with van der Waals surface area (Å²) < 4.78 is 5.25. The van der Waals surface area contributed by atoms with Crippen LogP contribution in [-0.2, 0) is 4.79 Å². The molecule has 1 saturated carbocycles. The molecule has 2 aliphatic heterocycles. The van der Waals surface area contributed by atoms with Crippen molar-refractivity contribution in [1.29, 1.82) is 0 Å². The molecule has 3 aliphatic rings. The molecule has 2 saturated heterocycles. The fourth-order valence-electron chi connectivity index (χ4n) is 4.18. The second-order valence-corrected chi connectivity index (χ2v) is 8.37. The lowest BCUT2D eigenvalue weighted by Gasteiger charge is -2.42. The van der Waals surface area contributed by atoms with Gasteiger partial charge in [-0.05, 0) is 31.6 Å². The molecule has 146 valence electrons. The highest BCUT2D eigenvalue weighted by Crippen LogP contribution is 2.40. The number of carbonyl (C=O) groups excluding carboxylic acids is 3. The summed E-state index contributed by atoms with van der Waals surface area (Å²) >= 11 is 0. The van der Waals surface area contributed by atoms with Gasteiger partial charge in [-0.15, -0.1) is 0 Å². The van der Waals surface area contributed by atoms with Gasteiger partial charge in [0.2, 0.25) is 5.76 Å². The van der Waals surface area contributed by atoms with Crippen LogP contribution in [0, 0.1) is 5.92 Å². The van der Waals surface area contributed by atoms with E-state index in [1.54, 1.807) is 15.9 Å². The molecule has 1 spiro atoms. The summed E-state index contributed by atoms with van der Waals surface area (Å²) in [5, 5.41) is 4.01. The van der Waals surface area contributed by atoms with Crippen molar-refractivity contribution in [2.45, 2.75) is 51.0 Å². The third kappa shape index (κ3) is 2.91. The maximum atomic E-state index is 12.8. The van der Waals surface area contributed by atoms with Gasteiger partial charge in [-0.2, -0.15) is 0 Å². The minimum atomic E-state index is -0.826.